The Labute approximate surface area is 148 Å². The highest BCUT2D eigenvalue weighted by molar-refractivity contribution is 5.66. The zero-order valence-corrected chi connectivity index (χ0v) is 14.0. The van der Waals surface area contributed by atoms with Crippen LogP contribution in [0.2, 0.25) is 0 Å². The standard InChI is InChI=1S/C17H15F2N5O2/c1-25-11-4-6-15(26-2)14(8-11)22-16-9-20-24-17(23-16)21-10-3-5-12(18)13(19)7-10/h3-9H,1-2H3,(H2,21,22,23,24). The second kappa shape index (κ2) is 7.60. The summed E-state index contributed by atoms with van der Waals surface area (Å²) in [4.78, 5) is 4.24. The van der Waals surface area contributed by atoms with Gasteiger partial charge in [0.2, 0.25) is 5.95 Å². The van der Waals surface area contributed by atoms with E-state index in [1.54, 1.807) is 32.4 Å². The third kappa shape index (κ3) is 3.94. The van der Waals surface area contributed by atoms with Crippen molar-refractivity contribution < 1.29 is 18.3 Å². The largest absolute Gasteiger partial charge is 0.497 e. The average molecular weight is 359 g/mol. The van der Waals surface area contributed by atoms with E-state index in [0.29, 0.717) is 28.7 Å². The summed E-state index contributed by atoms with van der Waals surface area (Å²) in [5.41, 5.74) is 0.910. The molecule has 3 rings (SSSR count). The Hall–Kier alpha value is -3.49. The number of hydrogen-bond donors (Lipinski definition) is 2. The molecule has 2 N–H and O–H groups in total. The van der Waals surface area contributed by atoms with Gasteiger partial charge in [-0.1, -0.05) is 0 Å². The maximum absolute atomic E-state index is 13.3. The van der Waals surface area contributed by atoms with Gasteiger partial charge in [-0.15, -0.1) is 5.10 Å². The van der Waals surface area contributed by atoms with Gasteiger partial charge < -0.3 is 20.1 Å². The van der Waals surface area contributed by atoms with E-state index in [1.807, 2.05) is 0 Å². The number of ether oxygens (including phenoxy) is 2. The van der Waals surface area contributed by atoms with Gasteiger partial charge in [-0.25, -0.2) is 8.78 Å². The molecule has 1 heterocycles. The molecule has 0 saturated heterocycles. The zero-order chi connectivity index (χ0) is 18.5. The summed E-state index contributed by atoms with van der Waals surface area (Å²) in [5.74, 6) is -0.206. The molecule has 9 heteroatoms. The normalized spacial score (nSPS) is 10.3. The highest BCUT2D eigenvalue weighted by Gasteiger charge is 2.09. The van der Waals surface area contributed by atoms with Gasteiger partial charge in [-0.05, 0) is 24.3 Å². The van der Waals surface area contributed by atoms with Crippen LogP contribution in [-0.4, -0.2) is 29.4 Å². The summed E-state index contributed by atoms with van der Waals surface area (Å²) < 4.78 is 36.8. The first-order chi connectivity index (χ1) is 12.6. The van der Waals surface area contributed by atoms with E-state index in [-0.39, 0.29) is 5.95 Å². The summed E-state index contributed by atoms with van der Waals surface area (Å²) in [6.45, 7) is 0. The smallest absolute Gasteiger partial charge is 0.249 e. The van der Waals surface area contributed by atoms with Crippen LogP contribution in [0.1, 0.15) is 0 Å². The molecule has 0 spiro atoms. The van der Waals surface area contributed by atoms with Gasteiger partial charge in [0.15, 0.2) is 17.5 Å². The van der Waals surface area contributed by atoms with Crippen LogP contribution in [0.3, 0.4) is 0 Å². The first kappa shape index (κ1) is 17.3. The molecule has 0 saturated carbocycles. The lowest BCUT2D eigenvalue weighted by Crippen LogP contribution is -2.03. The van der Waals surface area contributed by atoms with Gasteiger partial charge in [0.1, 0.15) is 11.5 Å². The van der Waals surface area contributed by atoms with Crippen molar-refractivity contribution in [3.63, 3.8) is 0 Å². The number of rotatable bonds is 6. The van der Waals surface area contributed by atoms with Gasteiger partial charge in [0.05, 0.1) is 26.1 Å². The number of benzene rings is 2. The Morgan fingerprint density at radius 2 is 1.77 bits per heavy atom. The van der Waals surface area contributed by atoms with Crippen molar-refractivity contribution in [2.75, 3.05) is 24.9 Å². The predicted octanol–water partition coefficient (Wildman–Crippen LogP) is 3.65. The Morgan fingerprint density at radius 1 is 0.923 bits per heavy atom. The fourth-order valence-corrected chi connectivity index (χ4v) is 2.17. The van der Waals surface area contributed by atoms with E-state index in [0.717, 1.165) is 12.1 Å². The molecule has 0 radical (unpaired) electrons. The van der Waals surface area contributed by atoms with E-state index < -0.39 is 11.6 Å². The Bertz CT molecular complexity index is 923. The maximum Gasteiger partial charge on any atom is 0.249 e. The molecule has 7 nitrogen and oxygen atoms in total. The fourth-order valence-electron chi connectivity index (χ4n) is 2.17. The van der Waals surface area contributed by atoms with Crippen LogP contribution in [-0.2, 0) is 0 Å². The number of nitrogens with zero attached hydrogens (tertiary/aromatic N) is 3. The molecule has 3 aromatic rings. The van der Waals surface area contributed by atoms with Crippen molar-refractivity contribution in [2.45, 2.75) is 0 Å². The topological polar surface area (TPSA) is 81.2 Å². The number of hydrogen-bond acceptors (Lipinski definition) is 7. The first-order valence-electron chi connectivity index (χ1n) is 7.50. The van der Waals surface area contributed by atoms with Gasteiger partial charge >= 0.3 is 0 Å². The van der Waals surface area contributed by atoms with Crippen LogP contribution in [0.25, 0.3) is 0 Å². The first-order valence-corrected chi connectivity index (χ1v) is 7.50. The van der Waals surface area contributed by atoms with Crippen LogP contribution in [0.4, 0.5) is 31.9 Å². The average Bonchev–Trinajstić information content (AvgIpc) is 2.65. The van der Waals surface area contributed by atoms with Crippen molar-refractivity contribution in [1.82, 2.24) is 15.2 Å². The third-order valence-electron chi connectivity index (χ3n) is 3.40. The monoisotopic (exact) mass is 359 g/mol. The number of methoxy groups -OCH3 is 2. The van der Waals surface area contributed by atoms with E-state index in [9.17, 15) is 8.78 Å². The SMILES string of the molecule is COc1ccc(OC)c(Nc2cnnc(Nc3ccc(F)c(F)c3)n2)c1. The second-order valence-corrected chi connectivity index (χ2v) is 5.11. The number of nitrogens with one attached hydrogen (secondary N) is 2. The molecule has 0 aliphatic rings. The van der Waals surface area contributed by atoms with Gasteiger partial charge in [0.25, 0.3) is 0 Å². The molecular formula is C17H15F2N5O2. The van der Waals surface area contributed by atoms with Crippen molar-refractivity contribution in [3.05, 3.63) is 54.2 Å². The van der Waals surface area contributed by atoms with E-state index in [4.69, 9.17) is 9.47 Å². The zero-order valence-electron chi connectivity index (χ0n) is 14.0. The number of anilines is 4. The lowest BCUT2D eigenvalue weighted by atomic mass is 10.2. The molecule has 0 atom stereocenters. The van der Waals surface area contributed by atoms with Crippen molar-refractivity contribution in [2.24, 2.45) is 0 Å². The molecule has 134 valence electrons. The minimum absolute atomic E-state index is 0.114. The van der Waals surface area contributed by atoms with E-state index in [2.05, 4.69) is 25.8 Å². The summed E-state index contributed by atoms with van der Waals surface area (Å²) in [6, 6.07) is 8.63. The van der Waals surface area contributed by atoms with Crippen LogP contribution in [0.5, 0.6) is 11.5 Å². The van der Waals surface area contributed by atoms with Crippen molar-refractivity contribution in [1.29, 1.82) is 0 Å². The van der Waals surface area contributed by atoms with E-state index in [1.165, 1.54) is 12.3 Å². The summed E-state index contributed by atoms with van der Waals surface area (Å²) in [5, 5.41) is 13.5. The van der Waals surface area contributed by atoms with Crippen LogP contribution in [0.15, 0.2) is 42.6 Å². The molecule has 0 amide bonds. The maximum atomic E-state index is 13.3. The minimum atomic E-state index is -0.974. The molecule has 1 aromatic heterocycles. The predicted molar refractivity (Wildman–Crippen MR) is 92.3 cm³/mol. The van der Waals surface area contributed by atoms with Crippen LogP contribution in [0, 0.1) is 11.6 Å². The quantitative estimate of drug-likeness (QED) is 0.695. The minimum Gasteiger partial charge on any atom is -0.497 e. The van der Waals surface area contributed by atoms with Gasteiger partial charge in [-0.3, -0.25) is 0 Å². The van der Waals surface area contributed by atoms with Gasteiger partial charge in [0, 0.05) is 17.8 Å². The summed E-state index contributed by atoms with van der Waals surface area (Å²) in [6.07, 6.45) is 1.41. The fraction of sp³-hybridized carbons (Fsp3) is 0.118. The summed E-state index contributed by atoms with van der Waals surface area (Å²) in [7, 11) is 3.10. The van der Waals surface area contributed by atoms with Crippen molar-refractivity contribution >= 4 is 23.1 Å². The number of aromatic nitrogens is 3. The molecule has 0 aliphatic carbocycles. The Kier molecular flexibility index (Phi) is 5.07. The Morgan fingerprint density at radius 3 is 2.50 bits per heavy atom. The second-order valence-electron chi connectivity index (χ2n) is 5.11. The van der Waals surface area contributed by atoms with Gasteiger partial charge in [-0.2, -0.15) is 10.1 Å². The Balaban J connectivity index is 1.82. The van der Waals surface area contributed by atoms with Crippen LogP contribution < -0.4 is 20.1 Å². The lowest BCUT2D eigenvalue weighted by Gasteiger charge is -2.12. The van der Waals surface area contributed by atoms with Crippen LogP contribution >= 0.6 is 0 Å². The molecule has 2 aromatic carbocycles. The highest BCUT2D eigenvalue weighted by Crippen LogP contribution is 2.31. The number of halogens is 2. The highest BCUT2D eigenvalue weighted by atomic mass is 19.2. The van der Waals surface area contributed by atoms with E-state index >= 15 is 0 Å². The molecule has 0 aliphatic heterocycles. The lowest BCUT2D eigenvalue weighted by molar-refractivity contribution is 0.405. The van der Waals surface area contributed by atoms with Crippen molar-refractivity contribution in [3.8, 4) is 11.5 Å². The molecule has 0 bridgehead atoms. The molecular weight excluding hydrogens is 344 g/mol. The summed E-state index contributed by atoms with van der Waals surface area (Å²) >= 11 is 0. The molecule has 26 heavy (non-hydrogen) atoms. The molecule has 0 fully saturated rings. The third-order valence-corrected chi connectivity index (χ3v) is 3.40. The molecule has 0 unspecified atom stereocenters.